The van der Waals surface area contributed by atoms with Crippen LogP contribution in [0.15, 0.2) is 36.4 Å². The summed E-state index contributed by atoms with van der Waals surface area (Å²) in [7, 11) is 0. The largest absolute Gasteiger partial charge is 0.377 e. The topological polar surface area (TPSA) is 20.2 Å². The minimum Gasteiger partial charge on any atom is -0.377 e. The van der Waals surface area contributed by atoms with Gasteiger partial charge in [0.1, 0.15) is 6.10 Å². The molecule has 1 aromatic carbocycles. The molecule has 1 N–H and O–H groups in total. The van der Waals surface area contributed by atoms with Gasteiger partial charge < -0.3 is 5.11 Å². The lowest BCUT2D eigenvalue weighted by Gasteiger charge is -1.93. The summed E-state index contributed by atoms with van der Waals surface area (Å²) in [5.74, 6) is 2.20. The van der Waals surface area contributed by atoms with E-state index < -0.39 is 6.10 Å². The van der Waals surface area contributed by atoms with E-state index in [4.69, 9.17) is 11.5 Å². The zero-order valence-corrected chi connectivity index (χ0v) is 6.64. The molecule has 0 saturated carbocycles. The molecule has 0 aliphatic heterocycles. The molecule has 0 radical (unpaired) electrons. The van der Waals surface area contributed by atoms with E-state index in [9.17, 15) is 0 Å². The van der Waals surface area contributed by atoms with Crippen LogP contribution < -0.4 is 0 Å². The standard InChI is InChI=1S/C11H10O/c1-2-11(12)9-8-10-6-4-3-5-7-10/h1,3-9,11-12H/b9-8+. The Bertz CT molecular complexity index is 293. The lowest BCUT2D eigenvalue weighted by Crippen LogP contribution is -1.94. The summed E-state index contributed by atoms with van der Waals surface area (Å²) < 4.78 is 0. The normalized spacial score (nSPS) is 12.7. The number of aliphatic hydroxyl groups excluding tert-OH is 1. The van der Waals surface area contributed by atoms with Crippen molar-refractivity contribution in [2.24, 2.45) is 0 Å². The molecule has 1 unspecified atom stereocenters. The molecule has 0 aromatic heterocycles. The molecule has 1 nitrogen and oxygen atoms in total. The number of benzene rings is 1. The molecular weight excluding hydrogens is 148 g/mol. The van der Waals surface area contributed by atoms with Crippen LogP contribution in [0.25, 0.3) is 6.08 Å². The average Bonchev–Trinajstić information content (AvgIpc) is 2.16. The summed E-state index contributed by atoms with van der Waals surface area (Å²) >= 11 is 0. The van der Waals surface area contributed by atoms with E-state index in [-0.39, 0.29) is 0 Å². The predicted octanol–water partition coefficient (Wildman–Crippen LogP) is 1.69. The fourth-order valence-electron chi connectivity index (χ4n) is 0.822. The molecule has 0 aliphatic rings. The summed E-state index contributed by atoms with van der Waals surface area (Å²) in [5, 5.41) is 9.00. The Hall–Kier alpha value is -1.52. The fraction of sp³-hybridized carbons (Fsp3) is 0.0909. The molecule has 0 heterocycles. The van der Waals surface area contributed by atoms with Gasteiger partial charge in [-0.2, -0.15) is 0 Å². The summed E-state index contributed by atoms with van der Waals surface area (Å²) in [5.41, 5.74) is 1.03. The van der Waals surface area contributed by atoms with Gasteiger partial charge in [0.2, 0.25) is 0 Å². The highest BCUT2D eigenvalue weighted by Crippen LogP contribution is 2.01. The lowest BCUT2D eigenvalue weighted by molar-refractivity contribution is 0.282. The SMILES string of the molecule is C#CC(O)/C=C/c1ccccc1. The molecule has 0 fully saturated rings. The highest BCUT2D eigenvalue weighted by molar-refractivity contribution is 5.49. The van der Waals surface area contributed by atoms with Gasteiger partial charge in [0.15, 0.2) is 0 Å². The van der Waals surface area contributed by atoms with Crippen molar-refractivity contribution < 1.29 is 5.11 Å². The van der Waals surface area contributed by atoms with Gasteiger partial charge in [-0.1, -0.05) is 42.3 Å². The minimum absolute atomic E-state index is 0.787. The predicted molar refractivity (Wildman–Crippen MR) is 50.3 cm³/mol. The van der Waals surface area contributed by atoms with Gasteiger partial charge in [-0.3, -0.25) is 0 Å². The monoisotopic (exact) mass is 158 g/mol. The Kier molecular flexibility index (Phi) is 3.13. The number of terminal acetylenes is 1. The molecular formula is C11H10O. The maximum absolute atomic E-state index is 9.00. The molecule has 0 amide bonds. The number of aliphatic hydroxyl groups is 1. The van der Waals surface area contributed by atoms with E-state index >= 15 is 0 Å². The maximum Gasteiger partial charge on any atom is 0.133 e. The van der Waals surface area contributed by atoms with E-state index in [0.717, 1.165) is 5.56 Å². The fourth-order valence-corrected chi connectivity index (χ4v) is 0.822. The molecule has 12 heavy (non-hydrogen) atoms. The van der Waals surface area contributed by atoms with Gasteiger partial charge in [-0.05, 0) is 11.6 Å². The van der Waals surface area contributed by atoms with Crippen molar-refractivity contribution in [3.8, 4) is 12.3 Å². The van der Waals surface area contributed by atoms with Crippen LogP contribution in [0.2, 0.25) is 0 Å². The first-order valence-electron chi connectivity index (χ1n) is 3.70. The van der Waals surface area contributed by atoms with Crippen molar-refractivity contribution >= 4 is 6.08 Å². The summed E-state index contributed by atoms with van der Waals surface area (Å²) in [4.78, 5) is 0. The number of hydrogen-bond donors (Lipinski definition) is 1. The van der Waals surface area contributed by atoms with Gasteiger partial charge >= 0.3 is 0 Å². The molecule has 1 aromatic rings. The third kappa shape index (κ3) is 2.61. The maximum atomic E-state index is 9.00. The van der Waals surface area contributed by atoms with Crippen LogP contribution in [0.1, 0.15) is 5.56 Å². The molecule has 0 aliphatic carbocycles. The zero-order valence-electron chi connectivity index (χ0n) is 6.64. The van der Waals surface area contributed by atoms with E-state index in [2.05, 4.69) is 5.92 Å². The van der Waals surface area contributed by atoms with Gasteiger partial charge in [0, 0.05) is 0 Å². The van der Waals surface area contributed by atoms with E-state index in [1.807, 2.05) is 30.3 Å². The molecule has 1 heteroatoms. The molecule has 1 atom stereocenters. The van der Waals surface area contributed by atoms with E-state index in [1.54, 1.807) is 12.2 Å². The molecule has 0 spiro atoms. The average molecular weight is 158 g/mol. The third-order valence-electron chi connectivity index (χ3n) is 1.44. The van der Waals surface area contributed by atoms with Gasteiger partial charge in [0.25, 0.3) is 0 Å². The third-order valence-corrected chi connectivity index (χ3v) is 1.44. The van der Waals surface area contributed by atoms with E-state index in [1.165, 1.54) is 0 Å². The Balaban J connectivity index is 2.65. The summed E-state index contributed by atoms with van der Waals surface area (Å²) in [6.07, 6.45) is 7.57. The smallest absolute Gasteiger partial charge is 0.133 e. The quantitative estimate of drug-likeness (QED) is 0.649. The van der Waals surface area contributed by atoms with Gasteiger partial charge in [-0.15, -0.1) is 6.42 Å². The molecule has 60 valence electrons. The second-order valence-corrected chi connectivity index (χ2v) is 2.38. The lowest BCUT2D eigenvalue weighted by atomic mass is 10.2. The van der Waals surface area contributed by atoms with Gasteiger partial charge in [-0.25, -0.2) is 0 Å². The highest BCUT2D eigenvalue weighted by Gasteiger charge is 1.88. The van der Waals surface area contributed by atoms with Crippen LogP contribution in [-0.4, -0.2) is 11.2 Å². The first-order chi connectivity index (χ1) is 5.83. The van der Waals surface area contributed by atoms with Crippen LogP contribution in [-0.2, 0) is 0 Å². The Morgan fingerprint density at radius 3 is 2.58 bits per heavy atom. The van der Waals surface area contributed by atoms with Crippen molar-refractivity contribution in [2.75, 3.05) is 0 Å². The van der Waals surface area contributed by atoms with Crippen molar-refractivity contribution in [3.63, 3.8) is 0 Å². The Labute approximate surface area is 72.4 Å². The van der Waals surface area contributed by atoms with Gasteiger partial charge in [0.05, 0.1) is 0 Å². The Morgan fingerprint density at radius 2 is 2.00 bits per heavy atom. The summed E-state index contributed by atoms with van der Waals surface area (Å²) in [6, 6.07) is 9.69. The van der Waals surface area contributed by atoms with Crippen LogP contribution in [0.4, 0.5) is 0 Å². The zero-order chi connectivity index (χ0) is 8.81. The van der Waals surface area contributed by atoms with Crippen molar-refractivity contribution in [2.45, 2.75) is 6.10 Å². The molecule has 1 rings (SSSR count). The Morgan fingerprint density at radius 1 is 1.33 bits per heavy atom. The number of rotatable bonds is 2. The first kappa shape index (κ1) is 8.58. The second kappa shape index (κ2) is 4.38. The van der Waals surface area contributed by atoms with Crippen molar-refractivity contribution in [3.05, 3.63) is 42.0 Å². The van der Waals surface area contributed by atoms with Crippen LogP contribution >= 0.6 is 0 Å². The van der Waals surface area contributed by atoms with Crippen molar-refractivity contribution in [1.82, 2.24) is 0 Å². The molecule has 0 bridgehead atoms. The van der Waals surface area contributed by atoms with Crippen molar-refractivity contribution in [1.29, 1.82) is 0 Å². The second-order valence-electron chi connectivity index (χ2n) is 2.38. The number of hydrogen-bond acceptors (Lipinski definition) is 1. The first-order valence-corrected chi connectivity index (χ1v) is 3.70. The highest BCUT2D eigenvalue weighted by atomic mass is 16.3. The van der Waals surface area contributed by atoms with Crippen LogP contribution in [0.5, 0.6) is 0 Å². The van der Waals surface area contributed by atoms with E-state index in [0.29, 0.717) is 0 Å². The summed E-state index contributed by atoms with van der Waals surface area (Å²) in [6.45, 7) is 0. The van der Waals surface area contributed by atoms with Crippen LogP contribution in [0.3, 0.4) is 0 Å². The molecule has 0 saturated heterocycles. The van der Waals surface area contributed by atoms with Crippen LogP contribution in [0, 0.1) is 12.3 Å². The minimum atomic E-state index is -0.787.